The predicted molar refractivity (Wildman–Crippen MR) is 106 cm³/mol. The van der Waals surface area contributed by atoms with Gasteiger partial charge in [-0.3, -0.25) is 9.59 Å². The van der Waals surface area contributed by atoms with Crippen LogP contribution in [0.2, 0.25) is 0 Å². The van der Waals surface area contributed by atoms with Crippen LogP contribution in [0.25, 0.3) is 10.8 Å². The lowest BCUT2D eigenvalue weighted by Crippen LogP contribution is -2.32. The zero-order valence-electron chi connectivity index (χ0n) is 15.9. The van der Waals surface area contributed by atoms with E-state index in [0.717, 1.165) is 0 Å². The van der Waals surface area contributed by atoms with E-state index in [1.807, 2.05) is 6.07 Å². The van der Waals surface area contributed by atoms with Crippen molar-refractivity contribution in [3.8, 4) is 6.07 Å². The Morgan fingerprint density at radius 1 is 1.21 bits per heavy atom. The number of esters is 1. The number of carbonyl (C=O) groups is 2. The molecule has 0 radical (unpaired) electrons. The van der Waals surface area contributed by atoms with Gasteiger partial charge in [0.15, 0.2) is 11.8 Å². The third-order valence-corrected chi connectivity index (χ3v) is 4.27. The molecule has 29 heavy (non-hydrogen) atoms. The fraction of sp³-hybridized carbons (Fsp3) is 0.190. The summed E-state index contributed by atoms with van der Waals surface area (Å²) in [6.07, 6.45) is -1.11. The Balaban J connectivity index is 1.82. The van der Waals surface area contributed by atoms with Crippen LogP contribution in [0.1, 0.15) is 29.9 Å². The number of hydrogen-bond acceptors (Lipinski definition) is 6. The zero-order valence-corrected chi connectivity index (χ0v) is 15.9. The standard InChI is InChI=1S/C21H18N4O4/c1-3-25-20(27)17-10-5-4-9-16(17)18(24-25)21(28)29-13(2)19(26)23-15-8-6-7-14(11-15)12-22/h4-11,13H,3H2,1-2H3,(H,23,26)/t13-/m1/s1. The van der Waals surface area contributed by atoms with Gasteiger partial charge in [-0.1, -0.05) is 24.3 Å². The van der Waals surface area contributed by atoms with Crippen LogP contribution in [0.3, 0.4) is 0 Å². The second kappa shape index (κ2) is 8.35. The van der Waals surface area contributed by atoms with E-state index in [9.17, 15) is 14.4 Å². The molecule has 0 saturated heterocycles. The lowest BCUT2D eigenvalue weighted by Gasteiger charge is -2.15. The van der Waals surface area contributed by atoms with Gasteiger partial charge in [0.05, 0.1) is 17.0 Å². The molecule has 2 aromatic carbocycles. The van der Waals surface area contributed by atoms with Gasteiger partial charge in [0.2, 0.25) is 0 Å². The van der Waals surface area contributed by atoms with E-state index >= 15 is 0 Å². The lowest BCUT2D eigenvalue weighted by atomic mass is 10.1. The molecule has 8 heteroatoms. The zero-order chi connectivity index (χ0) is 21.0. The summed E-state index contributed by atoms with van der Waals surface area (Å²) < 4.78 is 6.46. The Morgan fingerprint density at radius 2 is 1.93 bits per heavy atom. The molecule has 3 rings (SSSR count). The summed E-state index contributed by atoms with van der Waals surface area (Å²) in [5, 5.41) is 16.3. The average Bonchev–Trinajstić information content (AvgIpc) is 2.74. The summed E-state index contributed by atoms with van der Waals surface area (Å²) in [5.74, 6) is -1.36. The molecule has 1 N–H and O–H groups in total. The minimum Gasteiger partial charge on any atom is -0.448 e. The fourth-order valence-electron chi connectivity index (χ4n) is 2.78. The molecule has 0 saturated carbocycles. The molecule has 0 spiro atoms. The molecule has 0 aliphatic rings. The quantitative estimate of drug-likeness (QED) is 0.670. The third kappa shape index (κ3) is 4.14. The van der Waals surface area contributed by atoms with Crippen LogP contribution in [0.5, 0.6) is 0 Å². The highest BCUT2D eigenvalue weighted by atomic mass is 16.5. The maximum Gasteiger partial charge on any atom is 0.360 e. The van der Waals surface area contributed by atoms with Gasteiger partial charge in [0.1, 0.15) is 0 Å². The maximum absolute atomic E-state index is 12.7. The van der Waals surface area contributed by atoms with Crippen LogP contribution in [0.4, 0.5) is 5.69 Å². The molecule has 0 bridgehead atoms. The lowest BCUT2D eigenvalue weighted by molar-refractivity contribution is -0.123. The Labute approximate surface area is 166 Å². The van der Waals surface area contributed by atoms with Crippen molar-refractivity contribution < 1.29 is 14.3 Å². The number of nitrogens with zero attached hydrogens (tertiary/aromatic N) is 3. The molecule has 0 fully saturated rings. The second-order valence-corrected chi connectivity index (χ2v) is 6.24. The van der Waals surface area contributed by atoms with Gasteiger partial charge in [-0.2, -0.15) is 10.4 Å². The van der Waals surface area contributed by atoms with Gasteiger partial charge >= 0.3 is 5.97 Å². The van der Waals surface area contributed by atoms with E-state index in [1.54, 1.807) is 49.4 Å². The number of anilines is 1. The number of aryl methyl sites for hydroxylation is 1. The molecule has 0 aliphatic heterocycles. The predicted octanol–water partition coefficient (Wildman–Crippen LogP) is 2.47. The molecule has 1 atom stereocenters. The van der Waals surface area contributed by atoms with Crippen molar-refractivity contribution in [3.05, 3.63) is 70.1 Å². The number of nitriles is 1. The number of benzene rings is 2. The van der Waals surface area contributed by atoms with Crippen LogP contribution < -0.4 is 10.9 Å². The van der Waals surface area contributed by atoms with Crippen molar-refractivity contribution in [2.24, 2.45) is 0 Å². The van der Waals surface area contributed by atoms with E-state index in [4.69, 9.17) is 10.00 Å². The van der Waals surface area contributed by atoms with Crippen LogP contribution in [0.15, 0.2) is 53.3 Å². The van der Waals surface area contributed by atoms with Crippen molar-refractivity contribution in [3.63, 3.8) is 0 Å². The minimum absolute atomic E-state index is 0.0341. The summed E-state index contributed by atoms with van der Waals surface area (Å²) in [4.78, 5) is 37.4. The molecule has 146 valence electrons. The van der Waals surface area contributed by atoms with Crippen molar-refractivity contribution in [2.45, 2.75) is 26.5 Å². The monoisotopic (exact) mass is 390 g/mol. The largest absolute Gasteiger partial charge is 0.448 e. The van der Waals surface area contributed by atoms with Crippen LogP contribution in [0, 0.1) is 11.3 Å². The molecule has 1 aromatic heterocycles. The summed E-state index contributed by atoms with van der Waals surface area (Å²) in [7, 11) is 0. The van der Waals surface area contributed by atoms with E-state index in [0.29, 0.717) is 22.0 Å². The van der Waals surface area contributed by atoms with Crippen LogP contribution in [-0.4, -0.2) is 27.8 Å². The number of amides is 1. The van der Waals surface area contributed by atoms with E-state index < -0.39 is 18.0 Å². The molecular weight excluding hydrogens is 372 g/mol. The Kier molecular flexibility index (Phi) is 5.69. The SMILES string of the molecule is CCn1nc(C(=O)O[C@H](C)C(=O)Nc2cccc(C#N)c2)c2ccccc2c1=O. The van der Waals surface area contributed by atoms with E-state index in [-0.39, 0.29) is 17.8 Å². The summed E-state index contributed by atoms with van der Waals surface area (Å²) in [6.45, 7) is 3.46. The molecular formula is C21H18N4O4. The van der Waals surface area contributed by atoms with Crippen LogP contribution >= 0.6 is 0 Å². The van der Waals surface area contributed by atoms with Gasteiger partial charge in [-0.25, -0.2) is 9.48 Å². The number of nitrogens with one attached hydrogen (secondary N) is 1. The fourth-order valence-corrected chi connectivity index (χ4v) is 2.78. The molecule has 0 unspecified atom stereocenters. The van der Waals surface area contributed by atoms with Gasteiger partial charge in [-0.15, -0.1) is 0 Å². The summed E-state index contributed by atoms with van der Waals surface area (Å²) in [6, 6.07) is 15.0. The van der Waals surface area contributed by atoms with E-state index in [2.05, 4.69) is 10.4 Å². The first kappa shape index (κ1) is 19.8. The number of carbonyl (C=O) groups excluding carboxylic acids is 2. The number of ether oxygens (including phenoxy) is 1. The van der Waals surface area contributed by atoms with Crippen LogP contribution in [-0.2, 0) is 16.1 Å². The maximum atomic E-state index is 12.7. The third-order valence-electron chi connectivity index (χ3n) is 4.27. The van der Waals surface area contributed by atoms with Crippen molar-refractivity contribution in [2.75, 3.05) is 5.32 Å². The highest BCUT2D eigenvalue weighted by molar-refractivity contribution is 6.03. The molecule has 1 amide bonds. The number of aromatic nitrogens is 2. The number of fused-ring (bicyclic) bond motifs is 1. The molecule has 8 nitrogen and oxygen atoms in total. The van der Waals surface area contributed by atoms with Gasteiger partial charge in [0.25, 0.3) is 11.5 Å². The van der Waals surface area contributed by atoms with E-state index in [1.165, 1.54) is 17.7 Å². The Bertz CT molecular complexity index is 1190. The van der Waals surface area contributed by atoms with Crippen molar-refractivity contribution in [1.29, 1.82) is 5.26 Å². The topological polar surface area (TPSA) is 114 Å². The highest BCUT2D eigenvalue weighted by Crippen LogP contribution is 2.16. The number of rotatable bonds is 5. The smallest absolute Gasteiger partial charge is 0.360 e. The Hall–Kier alpha value is -3.99. The first-order valence-corrected chi connectivity index (χ1v) is 8.96. The number of hydrogen-bond donors (Lipinski definition) is 1. The first-order chi connectivity index (χ1) is 13.9. The highest BCUT2D eigenvalue weighted by Gasteiger charge is 2.23. The Morgan fingerprint density at radius 3 is 2.62 bits per heavy atom. The minimum atomic E-state index is -1.11. The first-order valence-electron chi connectivity index (χ1n) is 8.96. The van der Waals surface area contributed by atoms with Crippen molar-refractivity contribution >= 4 is 28.3 Å². The second-order valence-electron chi connectivity index (χ2n) is 6.24. The van der Waals surface area contributed by atoms with Gasteiger partial charge in [0, 0.05) is 17.6 Å². The summed E-state index contributed by atoms with van der Waals surface area (Å²) in [5.41, 5.74) is 0.473. The molecule has 0 aliphatic carbocycles. The van der Waals surface area contributed by atoms with Gasteiger partial charge < -0.3 is 10.1 Å². The normalized spacial score (nSPS) is 11.5. The van der Waals surface area contributed by atoms with Gasteiger partial charge in [-0.05, 0) is 38.1 Å². The molecule has 1 heterocycles. The average molecular weight is 390 g/mol. The summed E-state index contributed by atoms with van der Waals surface area (Å²) >= 11 is 0. The molecule has 3 aromatic rings. The van der Waals surface area contributed by atoms with Crippen molar-refractivity contribution in [1.82, 2.24) is 9.78 Å².